The minimum absolute atomic E-state index is 0.0163. The molecule has 0 aliphatic heterocycles. The summed E-state index contributed by atoms with van der Waals surface area (Å²) >= 11 is 0. The molecule has 1 aromatic carbocycles. The van der Waals surface area contributed by atoms with E-state index in [-0.39, 0.29) is 11.3 Å². The van der Waals surface area contributed by atoms with E-state index in [1.807, 2.05) is 0 Å². The van der Waals surface area contributed by atoms with E-state index in [0.717, 1.165) is 0 Å². The predicted octanol–water partition coefficient (Wildman–Crippen LogP) is 2.21. The van der Waals surface area contributed by atoms with Gasteiger partial charge in [-0.2, -0.15) is 8.78 Å². The van der Waals surface area contributed by atoms with E-state index in [4.69, 9.17) is 5.73 Å². The molecule has 7 heteroatoms. The van der Waals surface area contributed by atoms with Crippen LogP contribution in [0.1, 0.15) is 15.9 Å². The van der Waals surface area contributed by atoms with E-state index >= 15 is 0 Å². The van der Waals surface area contributed by atoms with Crippen LogP contribution in [0.4, 0.5) is 23.2 Å². The third kappa shape index (κ3) is 3.12. The maximum Gasteiger partial charge on any atom is 0.324 e. The number of carbonyl (C=O) groups is 1. The van der Waals surface area contributed by atoms with Gasteiger partial charge in [0.05, 0.1) is 12.1 Å². The molecule has 18 heavy (non-hydrogen) atoms. The van der Waals surface area contributed by atoms with Crippen molar-refractivity contribution in [1.29, 1.82) is 0 Å². The molecule has 0 fully saturated rings. The summed E-state index contributed by atoms with van der Waals surface area (Å²) in [5.41, 5.74) is 6.13. The van der Waals surface area contributed by atoms with Gasteiger partial charge in [-0.25, -0.2) is 8.78 Å². The first-order valence-corrected chi connectivity index (χ1v) is 5.05. The highest BCUT2D eigenvalue weighted by Gasteiger charge is 2.41. The van der Waals surface area contributed by atoms with Crippen LogP contribution in [-0.2, 0) is 0 Å². The Morgan fingerprint density at radius 1 is 1.44 bits per heavy atom. The summed E-state index contributed by atoms with van der Waals surface area (Å²) < 4.78 is 49.1. The maximum absolute atomic E-state index is 12.6. The van der Waals surface area contributed by atoms with Crippen LogP contribution < -0.4 is 11.1 Å². The van der Waals surface area contributed by atoms with Crippen molar-refractivity contribution in [3.63, 3.8) is 0 Å². The lowest BCUT2D eigenvalue weighted by Gasteiger charge is -2.16. The van der Waals surface area contributed by atoms with Crippen LogP contribution in [0.2, 0.25) is 0 Å². The zero-order chi connectivity index (χ0) is 13.9. The summed E-state index contributed by atoms with van der Waals surface area (Å²) in [6, 6.07) is 4.58. The molecule has 0 heterocycles. The van der Waals surface area contributed by atoms with Crippen LogP contribution >= 0.6 is 0 Å². The summed E-state index contributed by atoms with van der Waals surface area (Å²) in [5, 5.41) is 1.75. The van der Waals surface area contributed by atoms with Crippen molar-refractivity contribution in [2.24, 2.45) is 0 Å². The van der Waals surface area contributed by atoms with Gasteiger partial charge in [-0.3, -0.25) is 4.79 Å². The average Bonchev–Trinajstić information content (AvgIpc) is 2.26. The molecule has 0 bridgehead atoms. The third-order valence-electron chi connectivity index (χ3n) is 2.34. The Bertz CT molecular complexity index is 428. The third-order valence-corrected chi connectivity index (χ3v) is 2.34. The first kappa shape index (κ1) is 14.3. The molecule has 0 unspecified atom stereocenters. The zero-order valence-electron chi connectivity index (χ0n) is 9.51. The number of hydrogen-bond acceptors (Lipinski definition) is 2. The summed E-state index contributed by atoms with van der Waals surface area (Å²) in [4.78, 5) is 11.6. The highest BCUT2D eigenvalue weighted by atomic mass is 19.3. The first-order chi connectivity index (χ1) is 8.25. The smallest absolute Gasteiger partial charge is 0.324 e. The minimum Gasteiger partial charge on any atom is -0.398 e. The van der Waals surface area contributed by atoms with Gasteiger partial charge in [0.25, 0.3) is 5.91 Å². The lowest BCUT2D eigenvalue weighted by Crippen LogP contribution is -2.41. The van der Waals surface area contributed by atoms with E-state index in [1.165, 1.54) is 6.07 Å². The summed E-state index contributed by atoms with van der Waals surface area (Å²) in [6.45, 7) is 0.133. The van der Waals surface area contributed by atoms with Gasteiger partial charge in [0.1, 0.15) is 0 Å². The topological polar surface area (TPSA) is 55.1 Å². The standard InChI is InChI=1S/C11H12F4N2O/c1-6-3-2-4-7(16)8(6)9(18)17-5-11(14,15)10(12)13/h2-4,10H,5,16H2,1H3,(H,17,18). The van der Waals surface area contributed by atoms with Gasteiger partial charge in [0.2, 0.25) is 0 Å². The second-order valence-electron chi connectivity index (χ2n) is 3.78. The number of aryl methyl sites for hydroxylation is 1. The summed E-state index contributed by atoms with van der Waals surface area (Å²) in [5.74, 6) is -5.15. The second kappa shape index (κ2) is 5.24. The lowest BCUT2D eigenvalue weighted by molar-refractivity contribution is -0.123. The molecule has 0 atom stereocenters. The van der Waals surface area contributed by atoms with Crippen molar-refractivity contribution in [3.8, 4) is 0 Å². The fourth-order valence-electron chi connectivity index (χ4n) is 1.36. The van der Waals surface area contributed by atoms with Crippen molar-refractivity contribution >= 4 is 11.6 Å². The molecule has 3 N–H and O–H groups in total. The molecule has 0 aliphatic carbocycles. The van der Waals surface area contributed by atoms with Crippen molar-refractivity contribution in [2.75, 3.05) is 12.3 Å². The second-order valence-corrected chi connectivity index (χ2v) is 3.78. The Labute approximate surface area is 101 Å². The van der Waals surface area contributed by atoms with E-state index in [0.29, 0.717) is 5.56 Å². The molecule has 0 radical (unpaired) electrons. The van der Waals surface area contributed by atoms with Gasteiger partial charge in [-0.15, -0.1) is 0 Å². The minimum atomic E-state index is -4.26. The fourth-order valence-corrected chi connectivity index (χ4v) is 1.36. The number of nitrogens with one attached hydrogen (secondary N) is 1. The molecule has 1 rings (SSSR count). The number of hydrogen-bond donors (Lipinski definition) is 2. The SMILES string of the molecule is Cc1cccc(N)c1C(=O)NCC(F)(F)C(F)F. The molecule has 0 aromatic heterocycles. The summed E-state index contributed by atoms with van der Waals surface area (Å²) in [6.07, 6.45) is -3.83. The fraction of sp³-hybridized carbons (Fsp3) is 0.364. The van der Waals surface area contributed by atoms with Crippen LogP contribution in [0, 0.1) is 6.92 Å². The molecule has 1 aromatic rings. The van der Waals surface area contributed by atoms with Crippen molar-refractivity contribution in [2.45, 2.75) is 19.3 Å². The molecule has 0 spiro atoms. The van der Waals surface area contributed by atoms with Gasteiger partial charge in [-0.1, -0.05) is 12.1 Å². The maximum atomic E-state index is 12.6. The molecule has 1 amide bonds. The number of carbonyl (C=O) groups excluding carboxylic acids is 1. The average molecular weight is 264 g/mol. The Kier molecular flexibility index (Phi) is 4.15. The highest BCUT2D eigenvalue weighted by Crippen LogP contribution is 2.22. The quantitative estimate of drug-likeness (QED) is 0.647. The number of halogens is 4. The largest absolute Gasteiger partial charge is 0.398 e. The molecule has 100 valence electrons. The number of nitrogens with two attached hydrogens (primary N) is 1. The van der Waals surface area contributed by atoms with Gasteiger partial charge < -0.3 is 11.1 Å². The highest BCUT2D eigenvalue weighted by molar-refractivity contribution is 6.00. The number of anilines is 1. The van der Waals surface area contributed by atoms with Gasteiger partial charge >= 0.3 is 12.3 Å². The van der Waals surface area contributed by atoms with Crippen LogP contribution in [0.25, 0.3) is 0 Å². The zero-order valence-corrected chi connectivity index (χ0v) is 9.51. The van der Waals surface area contributed by atoms with E-state index in [2.05, 4.69) is 0 Å². The lowest BCUT2D eigenvalue weighted by atomic mass is 10.1. The van der Waals surface area contributed by atoms with E-state index in [1.54, 1.807) is 24.4 Å². The monoisotopic (exact) mass is 264 g/mol. The molecule has 0 saturated carbocycles. The van der Waals surface area contributed by atoms with Crippen molar-refractivity contribution in [3.05, 3.63) is 29.3 Å². The molecular weight excluding hydrogens is 252 g/mol. The summed E-state index contributed by atoms with van der Waals surface area (Å²) in [7, 11) is 0. The number of amides is 1. The Morgan fingerprint density at radius 2 is 2.06 bits per heavy atom. The molecule has 3 nitrogen and oxygen atoms in total. The Balaban J connectivity index is 2.79. The number of alkyl halides is 4. The first-order valence-electron chi connectivity index (χ1n) is 5.05. The van der Waals surface area contributed by atoms with E-state index in [9.17, 15) is 22.4 Å². The van der Waals surface area contributed by atoms with Gasteiger partial charge in [-0.05, 0) is 18.6 Å². The van der Waals surface area contributed by atoms with Crippen molar-refractivity contribution < 1.29 is 22.4 Å². The Hall–Kier alpha value is -1.79. The van der Waals surface area contributed by atoms with Crippen LogP contribution in [0.15, 0.2) is 18.2 Å². The van der Waals surface area contributed by atoms with Crippen LogP contribution in [0.3, 0.4) is 0 Å². The normalized spacial score (nSPS) is 11.7. The van der Waals surface area contributed by atoms with Crippen molar-refractivity contribution in [1.82, 2.24) is 5.32 Å². The Morgan fingerprint density at radius 3 is 2.56 bits per heavy atom. The van der Waals surface area contributed by atoms with Crippen LogP contribution in [0.5, 0.6) is 0 Å². The predicted molar refractivity (Wildman–Crippen MR) is 58.9 cm³/mol. The van der Waals surface area contributed by atoms with E-state index < -0.39 is 24.8 Å². The van der Waals surface area contributed by atoms with Gasteiger partial charge in [0.15, 0.2) is 0 Å². The molecule has 0 saturated heterocycles. The number of rotatable bonds is 4. The molecule has 0 aliphatic rings. The molecular formula is C11H12F4N2O. The number of nitrogen functional groups attached to an aromatic ring is 1. The van der Waals surface area contributed by atoms with Gasteiger partial charge in [0, 0.05) is 5.69 Å². The van der Waals surface area contributed by atoms with Crippen LogP contribution in [-0.4, -0.2) is 24.8 Å². The number of benzene rings is 1.